The van der Waals surface area contributed by atoms with E-state index >= 15 is 0 Å². The van der Waals surface area contributed by atoms with Gasteiger partial charge in [-0.1, -0.05) is 30.3 Å². The largest absolute Gasteiger partial charge is 0.496 e. The van der Waals surface area contributed by atoms with Crippen LogP contribution in [0, 0.1) is 6.92 Å². The molecule has 0 radical (unpaired) electrons. The summed E-state index contributed by atoms with van der Waals surface area (Å²) in [6.45, 7) is 1.75. The molecule has 2 aromatic carbocycles. The van der Waals surface area contributed by atoms with E-state index in [1.807, 2.05) is 36.4 Å². The van der Waals surface area contributed by atoms with Gasteiger partial charge in [0.15, 0.2) is 0 Å². The molecule has 0 aromatic heterocycles. The Labute approximate surface area is 106 Å². The number of ether oxygens (including phenoxy) is 1. The fourth-order valence-corrected chi connectivity index (χ4v) is 1.92. The van der Waals surface area contributed by atoms with Crippen molar-refractivity contribution in [3.05, 3.63) is 53.6 Å². The predicted molar refractivity (Wildman–Crippen MR) is 70.1 cm³/mol. The number of rotatable bonds is 3. The van der Waals surface area contributed by atoms with Crippen molar-refractivity contribution in [2.45, 2.75) is 6.92 Å². The number of methoxy groups -OCH3 is 1. The van der Waals surface area contributed by atoms with Gasteiger partial charge in [0, 0.05) is 5.56 Å². The highest BCUT2D eigenvalue weighted by Gasteiger charge is 2.13. The van der Waals surface area contributed by atoms with Crippen molar-refractivity contribution in [3.8, 4) is 16.9 Å². The van der Waals surface area contributed by atoms with Gasteiger partial charge < -0.3 is 9.84 Å². The molecule has 0 heterocycles. The van der Waals surface area contributed by atoms with E-state index in [0.717, 1.165) is 11.1 Å². The second-order valence-electron chi connectivity index (χ2n) is 4.02. The van der Waals surface area contributed by atoms with Gasteiger partial charge in [0.1, 0.15) is 5.75 Å². The molecule has 1 N–H and O–H groups in total. The summed E-state index contributed by atoms with van der Waals surface area (Å²) < 4.78 is 5.23. The first-order valence-electron chi connectivity index (χ1n) is 5.61. The summed E-state index contributed by atoms with van der Waals surface area (Å²) >= 11 is 0. The Morgan fingerprint density at radius 2 is 1.78 bits per heavy atom. The van der Waals surface area contributed by atoms with E-state index < -0.39 is 5.97 Å². The SMILES string of the molecule is COc1cc(-c2ccccc2)cc(C(=O)O)c1C. The van der Waals surface area contributed by atoms with Crippen LogP contribution in [-0.4, -0.2) is 18.2 Å². The Bertz CT molecular complexity index is 574. The van der Waals surface area contributed by atoms with Crippen LogP contribution in [0.25, 0.3) is 11.1 Å². The lowest BCUT2D eigenvalue weighted by Crippen LogP contribution is -2.02. The molecule has 0 amide bonds. The van der Waals surface area contributed by atoms with Gasteiger partial charge in [-0.2, -0.15) is 0 Å². The first-order chi connectivity index (χ1) is 8.63. The number of hydrogen-bond acceptors (Lipinski definition) is 2. The Balaban J connectivity index is 2.63. The van der Waals surface area contributed by atoms with E-state index in [0.29, 0.717) is 11.3 Å². The minimum absolute atomic E-state index is 0.271. The summed E-state index contributed by atoms with van der Waals surface area (Å²) in [5.74, 6) is -0.350. The molecular weight excluding hydrogens is 228 g/mol. The molecule has 0 unspecified atom stereocenters. The molecule has 0 atom stereocenters. The zero-order chi connectivity index (χ0) is 13.1. The van der Waals surface area contributed by atoms with Crippen molar-refractivity contribution in [2.75, 3.05) is 7.11 Å². The maximum atomic E-state index is 11.2. The Hall–Kier alpha value is -2.29. The first-order valence-corrected chi connectivity index (χ1v) is 5.61. The van der Waals surface area contributed by atoms with Crippen LogP contribution in [0.15, 0.2) is 42.5 Å². The first kappa shape index (κ1) is 12.2. The Morgan fingerprint density at radius 1 is 1.11 bits per heavy atom. The molecule has 92 valence electrons. The second kappa shape index (κ2) is 4.92. The quantitative estimate of drug-likeness (QED) is 0.897. The lowest BCUT2D eigenvalue weighted by atomic mass is 9.99. The van der Waals surface area contributed by atoms with Gasteiger partial charge in [-0.05, 0) is 30.2 Å². The predicted octanol–water partition coefficient (Wildman–Crippen LogP) is 3.37. The van der Waals surface area contributed by atoms with Crippen LogP contribution in [0.1, 0.15) is 15.9 Å². The highest BCUT2D eigenvalue weighted by Crippen LogP contribution is 2.29. The minimum atomic E-state index is -0.941. The highest BCUT2D eigenvalue weighted by molar-refractivity contribution is 5.92. The summed E-state index contributed by atoms with van der Waals surface area (Å²) in [7, 11) is 1.54. The van der Waals surface area contributed by atoms with E-state index in [1.165, 1.54) is 0 Å². The fourth-order valence-electron chi connectivity index (χ4n) is 1.92. The zero-order valence-electron chi connectivity index (χ0n) is 10.3. The molecule has 0 aliphatic heterocycles. The van der Waals surface area contributed by atoms with Crippen molar-refractivity contribution in [1.29, 1.82) is 0 Å². The lowest BCUT2D eigenvalue weighted by molar-refractivity contribution is 0.0695. The van der Waals surface area contributed by atoms with E-state index in [-0.39, 0.29) is 5.56 Å². The molecule has 0 aliphatic rings. The van der Waals surface area contributed by atoms with Crippen LogP contribution in [0.3, 0.4) is 0 Å². The van der Waals surface area contributed by atoms with Gasteiger partial charge in [0.2, 0.25) is 0 Å². The van der Waals surface area contributed by atoms with Gasteiger partial charge in [0.25, 0.3) is 0 Å². The molecule has 0 bridgehead atoms. The summed E-state index contributed by atoms with van der Waals surface area (Å²) in [6.07, 6.45) is 0. The Kier molecular flexibility index (Phi) is 3.33. The molecule has 3 heteroatoms. The number of carboxylic acids is 1. The van der Waals surface area contributed by atoms with Crippen molar-refractivity contribution in [2.24, 2.45) is 0 Å². The number of benzene rings is 2. The van der Waals surface area contributed by atoms with Crippen molar-refractivity contribution >= 4 is 5.97 Å². The smallest absolute Gasteiger partial charge is 0.336 e. The zero-order valence-corrected chi connectivity index (χ0v) is 10.3. The second-order valence-corrected chi connectivity index (χ2v) is 4.02. The van der Waals surface area contributed by atoms with Crippen LogP contribution >= 0.6 is 0 Å². The van der Waals surface area contributed by atoms with Gasteiger partial charge in [-0.3, -0.25) is 0 Å². The molecule has 3 nitrogen and oxygen atoms in total. The third kappa shape index (κ3) is 2.20. The lowest BCUT2D eigenvalue weighted by Gasteiger charge is -2.11. The fraction of sp³-hybridized carbons (Fsp3) is 0.133. The molecule has 0 fully saturated rings. The Morgan fingerprint density at radius 3 is 2.33 bits per heavy atom. The van der Waals surface area contributed by atoms with E-state index in [4.69, 9.17) is 4.74 Å². The van der Waals surface area contributed by atoms with E-state index in [1.54, 1.807) is 20.1 Å². The highest BCUT2D eigenvalue weighted by atomic mass is 16.5. The van der Waals surface area contributed by atoms with Crippen LogP contribution in [0.2, 0.25) is 0 Å². The molecule has 2 aromatic rings. The molecule has 0 aliphatic carbocycles. The molecule has 18 heavy (non-hydrogen) atoms. The van der Waals surface area contributed by atoms with Crippen molar-refractivity contribution < 1.29 is 14.6 Å². The standard InChI is InChI=1S/C15H14O3/c1-10-13(15(16)17)8-12(9-14(10)18-2)11-6-4-3-5-7-11/h3-9H,1-2H3,(H,16,17). The maximum absolute atomic E-state index is 11.2. The minimum Gasteiger partial charge on any atom is -0.496 e. The van der Waals surface area contributed by atoms with Crippen LogP contribution in [-0.2, 0) is 0 Å². The normalized spacial score (nSPS) is 10.1. The van der Waals surface area contributed by atoms with Crippen molar-refractivity contribution in [3.63, 3.8) is 0 Å². The summed E-state index contributed by atoms with van der Waals surface area (Å²) in [4.78, 5) is 11.2. The maximum Gasteiger partial charge on any atom is 0.336 e. The number of hydrogen-bond donors (Lipinski definition) is 1. The molecule has 0 spiro atoms. The number of aromatic carboxylic acids is 1. The van der Waals surface area contributed by atoms with Gasteiger partial charge >= 0.3 is 5.97 Å². The molecular formula is C15H14O3. The number of carbonyl (C=O) groups is 1. The average molecular weight is 242 g/mol. The summed E-state index contributed by atoms with van der Waals surface area (Å²) in [5.41, 5.74) is 2.73. The third-order valence-corrected chi connectivity index (χ3v) is 2.92. The van der Waals surface area contributed by atoms with Gasteiger partial charge in [-0.15, -0.1) is 0 Å². The number of carboxylic acid groups (broad SMARTS) is 1. The molecule has 0 saturated carbocycles. The van der Waals surface area contributed by atoms with Crippen molar-refractivity contribution in [1.82, 2.24) is 0 Å². The van der Waals surface area contributed by atoms with E-state index in [2.05, 4.69) is 0 Å². The monoisotopic (exact) mass is 242 g/mol. The van der Waals surface area contributed by atoms with Crippen LogP contribution < -0.4 is 4.74 Å². The van der Waals surface area contributed by atoms with Gasteiger partial charge in [0.05, 0.1) is 12.7 Å². The van der Waals surface area contributed by atoms with Crippen LogP contribution in [0.4, 0.5) is 0 Å². The van der Waals surface area contributed by atoms with Crippen LogP contribution in [0.5, 0.6) is 5.75 Å². The topological polar surface area (TPSA) is 46.5 Å². The third-order valence-electron chi connectivity index (χ3n) is 2.92. The summed E-state index contributed by atoms with van der Waals surface area (Å²) in [6, 6.07) is 13.2. The average Bonchev–Trinajstić information content (AvgIpc) is 2.39. The molecule has 0 saturated heterocycles. The summed E-state index contributed by atoms with van der Waals surface area (Å²) in [5, 5.41) is 9.20. The molecule has 2 rings (SSSR count). The van der Waals surface area contributed by atoms with E-state index in [9.17, 15) is 9.90 Å². The van der Waals surface area contributed by atoms with Gasteiger partial charge in [-0.25, -0.2) is 4.79 Å².